The van der Waals surface area contributed by atoms with Gasteiger partial charge in [0.1, 0.15) is 13.2 Å². The first kappa shape index (κ1) is 13.2. The van der Waals surface area contributed by atoms with Crippen LogP contribution in [0.2, 0.25) is 0 Å². The second kappa shape index (κ2) is 5.35. The molecule has 3 aromatic rings. The van der Waals surface area contributed by atoms with Crippen molar-refractivity contribution in [3.63, 3.8) is 0 Å². The third-order valence-electron chi connectivity index (χ3n) is 3.92. The summed E-state index contributed by atoms with van der Waals surface area (Å²) in [6.07, 6.45) is 1.84. The van der Waals surface area contributed by atoms with E-state index in [1.165, 1.54) is 0 Å². The van der Waals surface area contributed by atoms with E-state index in [0.717, 1.165) is 28.1 Å². The molecular formula is C17H17N3O2. The number of rotatable bonds is 3. The third kappa shape index (κ3) is 2.29. The molecule has 2 aromatic carbocycles. The van der Waals surface area contributed by atoms with Crippen LogP contribution < -0.4 is 15.2 Å². The molecule has 0 radical (unpaired) electrons. The highest BCUT2D eigenvalue weighted by Gasteiger charge is 2.15. The summed E-state index contributed by atoms with van der Waals surface area (Å²) in [6, 6.07) is 13.8. The zero-order valence-corrected chi connectivity index (χ0v) is 12.1. The van der Waals surface area contributed by atoms with Crippen LogP contribution in [0.4, 0.5) is 0 Å². The Labute approximate surface area is 128 Å². The summed E-state index contributed by atoms with van der Waals surface area (Å²) in [5, 5.41) is 0. The Morgan fingerprint density at radius 3 is 2.82 bits per heavy atom. The molecule has 0 aliphatic carbocycles. The molecule has 0 spiro atoms. The smallest absolute Gasteiger partial charge is 0.161 e. The van der Waals surface area contributed by atoms with Crippen LogP contribution in [-0.2, 0) is 6.54 Å². The average molecular weight is 295 g/mol. The topological polar surface area (TPSA) is 62.3 Å². The van der Waals surface area contributed by atoms with E-state index in [0.29, 0.717) is 19.8 Å². The Bertz CT molecular complexity index is 813. The van der Waals surface area contributed by atoms with Crippen LogP contribution >= 0.6 is 0 Å². The molecule has 22 heavy (non-hydrogen) atoms. The molecule has 4 rings (SSSR count). The van der Waals surface area contributed by atoms with Gasteiger partial charge < -0.3 is 19.8 Å². The van der Waals surface area contributed by atoms with Gasteiger partial charge in [-0.1, -0.05) is 18.2 Å². The van der Waals surface area contributed by atoms with Crippen molar-refractivity contribution in [2.24, 2.45) is 5.73 Å². The van der Waals surface area contributed by atoms with Gasteiger partial charge in [0, 0.05) is 12.6 Å². The fourth-order valence-electron chi connectivity index (χ4n) is 2.76. The lowest BCUT2D eigenvalue weighted by Gasteiger charge is -2.20. The van der Waals surface area contributed by atoms with E-state index in [4.69, 9.17) is 15.2 Å². The lowest BCUT2D eigenvalue weighted by Crippen LogP contribution is -2.19. The molecular weight excluding hydrogens is 278 g/mol. The van der Waals surface area contributed by atoms with Crippen LogP contribution in [0, 0.1) is 0 Å². The molecule has 1 aliphatic heterocycles. The number of para-hydroxylation sites is 2. The number of imidazole rings is 1. The van der Waals surface area contributed by atoms with E-state index in [9.17, 15) is 0 Å². The molecule has 5 nitrogen and oxygen atoms in total. The number of fused-ring (bicyclic) bond motifs is 2. The van der Waals surface area contributed by atoms with Crippen LogP contribution in [-0.4, -0.2) is 22.8 Å². The Hall–Kier alpha value is -2.53. The van der Waals surface area contributed by atoms with E-state index in [2.05, 4.69) is 15.6 Å². The molecule has 2 heterocycles. The number of benzene rings is 2. The summed E-state index contributed by atoms with van der Waals surface area (Å²) in [5.41, 5.74) is 9.47. The van der Waals surface area contributed by atoms with Gasteiger partial charge in [0.05, 0.1) is 17.4 Å². The summed E-state index contributed by atoms with van der Waals surface area (Å²) in [4.78, 5) is 4.40. The predicted molar refractivity (Wildman–Crippen MR) is 84.1 cm³/mol. The Morgan fingerprint density at radius 1 is 1.09 bits per heavy atom. The SMILES string of the molecule is NC(Cn1cnc2ccccc21)c1ccc2c(c1)OCCO2. The van der Waals surface area contributed by atoms with E-state index < -0.39 is 0 Å². The van der Waals surface area contributed by atoms with Crippen LogP contribution in [0.15, 0.2) is 48.8 Å². The normalized spacial score (nSPS) is 15.0. The lowest BCUT2D eigenvalue weighted by atomic mass is 10.1. The van der Waals surface area contributed by atoms with Gasteiger partial charge in [-0.05, 0) is 29.8 Å². The number of nitrogens with two attached hydrogens (primary N) is 1. The van der Waals surface area contributed by atoms with Crippen molar-refractivity contribution >= 4 is 11.0 Å². The average Bonchev–Trinajstić information content (AvgIpc) is 2.97. The molecule has 0 fully saturated rings. The van der Waals surface area contributed by atoms with Gasteiger partial charge in [-0.3, -0.25) is 0 Å². The van der Waals surface area contributed by atoms with Gasteiger partial charge in [-0.2, -0.15) is 0 Å². The molecule has 1 atom stereocenters. The lowest BCUT2D eigenvalue weighted by molar-refractivity contribution is 0.171. The van der Waals surface area contributed by atoms with Crippen LogP contribution in [0.5, 0.6) is 11.5 Å². The molecule has 1 unspecified atom stereocenters. The monoisotopic (exact) mass is 295 g/mol. The summed E-state index contributed by atoms with van der Waals surface area (Å²) < 4.78 is 13.2. The highest BCUT2D eigenvalue weighted by molar-refractivity contribution is 5.74. The van der Waals surface area contributed by atoms with Crippen molar-refractivity contribution in [2.45, 2.75) is 12.6 Å². The quantitative estimate of drug-likeness (QED) is 0.806. The highest BCUT2D eigenvalue weighted by Crippen LogP contribution is 2.32. The van der Waals surface area contributed by atoms with Crippen molar-refractivity contribution in [1.82, 2.24) is 9.55 Å². The second-order valence-electron chi connectivity index (χ2n) is 5.40. The second-order valence-corrected chi connectivity index (χ2v) is 5.40. The standard InChI is InChI=1S/C17H17N3O2/c18-13(10-20-11-19-14-3-1-2-4-15(14)20)12-5-6-16-17(9-12)22-8-7-21-16/h1-6,9,11,13H,7-8,10,18H2. The third-order valence-corrected chi connectivity index (χ3v) is 3.92. The fraction of sp³-hybridized carbons (Fsp3) is 0.235. The first-order chi connectivity index (χ1) is 10.8. The maximum absolute atomic E-state index is 6.37. The number of nitrogens with zero attached hydrogens (tertiary/aromatic N) is 2. The van der Waals surface area contributed by atoms with Gasteiger partial charge >= 0.3 is 0 Å². The summed E-state index contributed by atoms with van der Waals surface area (Å²) >= 11 is 0. The molecule has 112 valence electrons. The maximum Gasteiger partial charge on any atom is 0.161 e. The fourth-order valence-corrected chi connectivity index (χ4v) is 2.76. The minimum atomic E-state index is -0.131. The van der Waals surface area contributed by atoms with Crippen molar-refractivity contribution in [2.75, 3.05) is 13.2 Å². The Morgan fingerprint density at radius 2 is 1.91 bits per heavy atom. The number of aromatic nitrogens is 2. The van der Waals surface area contributed by atoms with Gasteiger partial charge in [-0.25, -0.2) is 4.98 Å². The van der Waals surface area contributed by atoms with Crippen LogP contribution in [0.1, 0.15) is 11.6 Å². The van der Waals surface area contributed by atoms with Crippen LogP contribution in [0.25, 0.3) is 11.0 Å². The predicted octanol–water partition coefficient (Wildman–Crippen LogP) is 2.51. The van der Waals surface area contributed by atoms with Gasteiger partial charge in [0.25, 0.3) is 0 Å². The summed E-state index contributed by atoms with van der Waals surface area (Å²) in [7, 11) is 0. The molecule has 2 N–H and O–H groups in total. The maximum atomic E-state index is 6.37. The zero-order valence-electron chi connectivity index (χ0n) is 12.1. The summed E-state index contributed by atoms with van der Waals surface area (Å²) in [6.45, 7) is 1.84. The first-order valence-electron chi connectivity index (χ1n) is 7.36. The molecule has 0 amide bonds. The van der Waals surface area contributed by atoms with Crippen molar-refractivity contribution in [3.8, 4) is 11.5 Å². The molecule has 1 aliphatic rings. The minimum Gasteiger partial charge on any atom is -0.486 e. The Balaban J connectivity index is 1.60. The number of ether oxygens (including phenoxy) is 2. The van der Waals surface area contributed by atoms with Gasteiger partial charge in [0.2, 0.25) is 0 Å². The van der Waals surface area contributed by atoms with Crippen molar-refractivity contribution in [1.29, 1.82) is 0 Å². The van der Waals surface area contributed by atoms with Gasteiger partial charge in [-0.15, -0.1) is 0 Å². The van der Waals surface area contributed by atoms with E-state index >= 15 is 0 Å². The number of hydrogen-bond donors (Lipinski definition) is 1. The van der Waals surface area contributed by atoms with E-state index in [1.54, 1.807) is 0 Å². The minimum absolute atomic E-state index is 0.131. The zero-order chi connectivity index (χ0) is 14.9. The largest absolute Gasteiger partial charge is 0.486 e. The molecule has 0 bridgehead atoms. The van der Waals surface area contributed by atoms with E-state index in [1.807, 2.05) is 42.7 Å². The van der Waals surface area contributed by atoms with Crippen molar-refractivity contribution < 1.29 is 9.47 Å². The van der Waals surface area contributed by atoms with Crippen LogP contribution in [0.3, 0.4) is 0 Å². The Kier molecular flexibility index (Phi) is 3.20. The molecule has 0 saturated heterocycles. The molecule has 5 heteroatoms. The molecule has 1 aromatic heterocycles. The number of hydrogen-bond acceptors (Lipinski definition) is 4. The summed E-state index contributed by atoms with van der Waals surface area (Å²) in [5.74, 6) is 1.56. The van der Waals surface area contributed by atoms with E-state index in [-0.39, 0.29) is 6.04 Å². The first-order valence-corrected chi connectivity index (χ1v) is 7.36. The molecule has 0 saturated carbocycles. The van der Waals surface area contributed by atoms with Crippen molar-refractivity contribution in [3.05, 3.63) is 54.4 Å². The van der Waals surface area contributed by atoms with Gasteiger partial charge in [0.15, 0.2) is 11.5 Å². The highest BCUT2D eigenvalue weighted by atomic mass is 16.6.